The SMILES string of the molecule is CC(C)n1ncc2c(C(=O)N3C[C@@H](C)[C@H](C(=O)O)C3)cc(-c3ccccc3)nc21. The normalized spacial score (nSPS) is 19.2. The van der Waals surface area contributed by atoms with Gasteiger partial charge in [-0.15, -0.1) is 0 Å². The number of aliphatic carboxylic acids is 1. The molecule has 29 heavy (non-hydrogen) atoms. The van der Waals surface area contributed by atoms with Crippen molar-refractivity contribution in [2.24, 2.45) is 11.8 Å². The third-order valence-electron chi connectivity index (χ3n) is 5.57. The number of likely N-dealkylation sites (tertiary alicyclic amines) is 1. The second kappa shape index (κ2) is 7.31. The summed E-state index contributed by atoms with van der Waals surface area (Å²) in [6.07, 6.45) is 1.68. The van der Waals surface area contributed by atoms with Crippen molar-refractivity contribution in [1.29, 1.82) is 0 Å². The van der Waals surface area contributed by atoms with Crippen LogP contribution in [-0.4, -0.2) is 49.7 Å². The lowest BCUT2D eigenvalue weighted by atomic mass is 9.99. The van der Waals surface area contributed by atoms with Gasteiger partial charge < -0.3 is 10.0 Å². The Morgan fingerprint density at radius 3 is 2.52 bits per heavy atom. The Hall–Kier alpha value is -3.22. The summed E-state index contributed by atoms with van der Waals surface area (Å²) in [5.74, 6) is -1.65. The third-order valence-corrected chi connectivity index (χ3v) is 5.57. The van der Waals surface area contributed by atoms with Crippen molar-refractivity contribution in [3.63, 3.8) is 0 Å². The maximum atomic E-state index is 13.4. The topological polar surface area (TPSA) is 88.3 Å². The Kier molecular flexibility index (Phi) is 4.82. The van der Waals surface area contributed by atoms with Gasteiger partial charge in [0.25, 0.3) is 5.91 Å². The van der Waals surface area contributed by atoms with E-state index in [1.54, 1.807) is 17.2 Å². The first-order chi connectivity index (χ1) is 13.9. The van der Waals surface area contributed by atoms with E-state index in [-0.39, 0.29) is 24.4 Å². The second-order valence-electron chi connectivity index (χ2n) is 7.97. The van der Waals surface area contributed by atoms with E-state index in [1.807, 2.05) is 55.8 Å². The molecule has 3 heterocycles. The van der Waals surface area contributed by atoms with Crippen LogP contribution in [-0.2, 0) is 4.79 Å². The Morgan fingerprint density at radius 2 is 1.90 bits per heavy atom. The van der Waals surface area contributed by atoms with E-state index in [2.05, 4.69) is 5.10 Å². The fourth-order valence-electron chi connectivity index (χ4n) is 3.95. The predicted molar refractivity (Wildman–Crippen MR) is 110 cm³/mol. The van der Waals surface area contributed by atoms with E-state index < -0.39 is 11.9 Å². The fraction of sp³-hybridized carbons (Fsp3) is 0.364. The summed E-state index contributed by atoms with van der Waals surface area (Å²) in [4.78, 5) is 31.3. The molecule has 7 heteroatoms. The molecule has 0 spiro atoms. The zero-order valence-corrected chi connectivity index (χ0v) is 16.7. The van der Waals surface area contributed by atoms with Crippen molar-refractivity contribution in [3.8, 4) is 11.3 Å². The molecule has 0 saturated carbocycles. The number of carbonyl (C=O) groups is 2. The summed E-state index contributed by atoms with van der Waals surface area (Å²) >= 11 is 0. The van der Waals surface area contributed by atoms with Crippen LogP contribution < -0.4 is 0 Å². The Balaban J connectivity index is 1.83. The van der Waals surface area contributed by atoms with Crippen LogP contribution >= 0.6 is 0 Å². The van der Waals surface area contributed by atoms with Crippen molar-refractivity contribution in [2.75, 3.05) is 13.1 Å². The predicted octanol–water partition coefficient (Wildman–Crippen LogP) is 3.47. The molecule has 4 rings (SSSR count). The van der Waals surface area contributed by atoms with Crippen molar-refractivity contribution < 1.29 is 14.7 Å². The number of amides is 1. The molecule has 0 bridgehead atoms. The van der Waals surface area contributed by atoms with Crippen LogP contribution in [0, 0.1) is 11.8 Å². The van der Waals surface area contributed by atoms with Gasteiger partial charge in [-0.3, -0.25) is 9.59 Å². The van der Waals surface area contributed by atoms with E-state index >= 15 is 0 Å². The van der Waals surface area contributed by atoms with Gasteiger partial charge in [-0.05, 0) is 25.8 Å². The molecule has 0 aliphatic carbocycles. The molecule has 2 aromatic heterocycles. The minimum Gasteiger partial charge on any atom is -0.481 e. The molecule has 0 unspecified atom stereocenters. The summed E-state index contributed by atoms with van der Waals surface area (Å²) in [6.45, 7) is 6.56. The highest BCUT2D eigenvalue weighted by Gasteiger charge is 2.38. The van der Waals surface area contributed by atoms with Gasteiger partial charge in [0.2, 0.25) is 0 Å². The molecule has 150 valence electrons. The quantitative estimate of drug-likeness (QED) is 0.734. The molecule has 2 atom stereocenters. The second-order valence-corrected chi connectivity index (χ2v) is 7.97. The number of hydrogen-bond acceptors (Lipinski definition) is 4. The zero-order chi connectivity index (χ0) is 20.7. The number of nitrogens with zero attached hydrogens (tertiary/aromatic N) is 4. The molecule has 1 aromatic carbocycles. The smallest absolute Gasteiger partial charge is 0.308 e. The largest absolute Gasteiger partial charge is 0.481 e. The average Bonchev–Trinajstić information content (AvgIpc) is 3.31. The minimum atomic E-state index is -0.856. The summed E-state index contributed by atoms with van der Waals surface area (Å²) in [5, 5.41) is 14.6. The van der Waals surface area contributed by atoms with Gasteiger partial charge in [0.1, 0.15) is 0 Å². The number of carboxylic acid groups (broad SMARTS) is 1. The lowest BCUT2D eigenvalue weighted by Crippen LogP contribution is -2.30. The first kappa shape index (κ1) is 19.1. The number of aromatic nitrogens is 3. The molecule has 3 aromatic rings. The van der Waals surface area contributed by atoms with Crippen LogP contribution in [0.1, 0.15) is 37.2 Å². The molecule has 1 aliphatic rings. The van der Waals surface area contributed by atoms with E-state index in [9.17, 15) is 14.7 Å². The monoisotopic (exact) mass is 392 g/mol. The summed E-state index contributed by atoms with van der Waals surface area (Å²) in [7, 11) is 0. The lowest BCUT2D eigenvalue weighted by Gasteiger charge is -2.17. The van der Waals surface area contributed by atoms with Gasteiger partial charge in [0.15, 0.2) is 5.65 Å². The molecule has 1 fully saturated rings. The van der Waals surface area contributed by atoms with Crippen LogP contribution in [0.4, 0.5) is 0 Å². The molecule has 1 N–H and O–H groups in total. The van der Waals surface area contributed by atoms with Crippen LogP contribution in [0.15, 0.2) is 42.6 Å². The highest BCUT2D eigenvalue weighted by Crippen LogP contribution is 2.30. The van der Waals surface area contributed by atoms with Crippen LogP contribution in [0.25, 0.3) is 22.3 Å². The molecule has 0 radical (unpaired) electrons. The Bertz CT molecular complexity index is 1070. The third kappa shape index (κ3) is 3.37. The van der Waals surface area contributed by atoms with Gasteiger partial charge in [-0.25, -0.2) is 9.67 Å². The van der Waals surface area contributed by atoms with Gasteiger partial charge in [0, 0.05) is 24.7 Å². The number of pyridine rings is 1. The fourth-order valence-corrected chi connectivity index (χ4v) is 3.95. The van der Waals surface area contributed by atoms with Crippen molar-refractivity contribution in [3.05, 3.63) is 48.2 Å². The van der Waals surface area contributed by atoms with E-state index in [4.69, 9.17) is 4.98 Å². The van der Waals surface area contributed by atoms with Gasteiger partial charge >= 0.3 is 5.97 Å². The standard InChI is InChI=1S/C22H24N4O3/c1-13(2)26-20-17(10-23-26)16(9-19(24-20)15-7-5-4-6-8-15)21(27)25-11-14(3)18(12-25)22(28)29/h4-10,13-14,18H,11-12H2,1-3H3,(H,28,29)/t14-,18-/m1/s1. The first-order valence-corrected chi connectivity index (χ1v) is 9.82. The van der Waals surface area contributed by atoms with Crippen molar-refractivity contribution in [2.45, 2.75) is 26.8 Å². The summed E-state index contributed by atoms with van der Waals surface area (Å²) in [6, 6.07) is 11.6. The highest BCUT2D eigenvalue weighted by molar-refractivity contribution is 6.06. The van der Waals surface area contributed by atoms with Gasteiger partial charge in [-0.2, -0.15) is 5.10 Å². The number of carbonyl (C=O) groups excluding carboxylic acids is 1. The number of hydrogen-bond donors (Lipinski definition) is 1. The van der Waals surface area contributed by atoms with Crippen molar-refractivity contribution in [1.82, 2.24) is 19.7 Å². The van der Waals surface area contributed by atoms with Crippen LogP contribution in [0.3, 0.4) is 0 Å². The maximum absolute atomic E-state index is 13.4. The molecular formula is C22H24N4O3. The average molecular weight is 392 g/mol. The van der Waals surface area contributed by atoms with Crippen LogP contribution in [0.2, 0.25) is 0 Å². The first-order valence-electron chi connectivity index (χ1n) is 9.82. The lowest BCUT2D eigenvalue weighted by molar-refractivity contribution is -0.142. The molecule has 1 amide bonds. The van der Waals surface area contributed by atoms with Gasteiger partial charge in [-0.1, -0.05) is 37.3 Å². The molecular weight excluding hydrogens is 368 g/mol. The number of benzene rings is 1. The molecule has 7 nitrogen and oxygen atoms in total. The van der Waals surface area contributed by atoms with E-state index in [0.29, 0.717) is 28.8 Å². The number of rotatable bonds is 4. The zero-order valence-electron chi connectivity index (χ0n) is 16.7. The number of carboxylic acids is 1. The molecule has 1 saturated heterocycles. The van der Waals surface area contributed by atoms with E-state index in [1.165, 1.54) is 0 Å². The molecule has 1 aliphatic heterocycles. The summed E-state index contributed by atoms with van der Waals surface area (Å²) in [5.41, 5.74) is 2.79. The van der Waals surface area contributed by atoms with Gasteiger partial charge in [0.05, 0.1) is 28.8 Å². The highest BCUT2D eigenvalue weighted by atomic mass is 16.4. The summed E-state index contributed by atoms with van der Waals surface area (Å²) < 4.78 is 1.81. The Morgan fingerprint density at radius 1 is 1.17 bits per heavy atom. The van der Waals surface area contributed by atoms with Crippen molar-refractivity contribution >= 4 is 22.9 Å². The number of fused-ring (bicyclic) bond motifs is 1. The maximum Gasteiger partial charge on any atom is 0.308 e. The minimum absolute atomic E-state index is 0.0826. The van der Waals surface area contributed by atoms with E-state index in [0.717, 1.165) is 5.56 Å². The van der Waals surface area contributed by atoms with Crippen LogP contribution in [0.5, 0.6) is 0 Å². The Labute approximate surface area is 169 Å².